The van der Waals surface area contributed by atoms with Gasteiger partial charge in [0, 0.05) is 31.5 Å². The largest absolute Gasteiger partial charge is 0.493 e. The molecule has 0 saturated carbocycles. The van der Waals surface area contributed by atoms with E-state index in [2.05, 4.69) is 9.97 Å². The summed E-state index contributed by atoms with van der Waals surface area (Å²) < 4.78 is 82.4. The first-order chi connectivity index (χ1) is 17.0. The van der Waals surface area contributed by atoms with Crippen LogP contribution in [0.3, 0.4) is 0 Å². The molecule has 0 N–H and O–H groups in total. The van der Waals surface area contributed by atoms with Gasteiger partial charge in [-0.05, 0) is 36.2 Å². The van der Waals surface area contributed by atoms with Crippen LogP contribution in [0.2, 0.25) is 0 Å². The Kier molecular flexibility index (Phi) is 8.35. The van der Waals surface area contributed by atoms with Gasteiger partial charge in [0.1, 0.15) is 5.69 Å². The zero-order valence-corrected chi connectivity index (χ0v) is 20.5. The number of alkyl halides is 3. The summed E-state index contributed by atoms with van der Waals surface area (Å²) in [4.78, 5) is 19.6. The number of nitrogens with zero attached hydrogens (tertiary/aromatic N) is 3. The van der Waals surface area contributed by atoms with Crippen LogP contribution in [0.4, 0.5) is 13.2 Å². The highest BCUT2D eigenvalue weighted by Gasteiger charge is 2.35. The second-order valence-corrected chi connectivity index (χ2v) is 9.66. The molecule has 13 heteroatoms. The first-order valence-corrected chi connectivity index (χ1v) is 12.2. The lowest BCUT2D eigenvalue weighted by molar-refractivity contribution is -0.141. The maximum Gasteiger partial charge on any atom is 0.433 e. The topological polar surface area (TPSA) is 110 Å². The maximum absolute atomic E-state index is 13.5. The van der Waals surface area contributed by atoms with Gasteiger partial charge in [-0.2, -0.15) is 13.2 Å². The number of ether oxygens (including phenoxy) is 3. The molecule has 0 aliphatic carbocycles. The van der Waals surface area contributed by atoms with Gasteiger partial charge < -0.3 is 18.8 Å². The highest BCUT2D eigenvalue weighted by atomic mass is 32.2. The van der Waals surface area contributed by atoms with E-state index in [9.17, 15) is 26.4 Å². The number of hydrogen-bond acceptors (Lipinski definition) is 8. The molecule has 194 valence electrons. The summed E-state index contributed by atoms with van der Waals surface area (Å²) in [6.45, 7) is 0.165. The second-order valence-electron chi connectivity index (χ2n) is 7.66. The van der Waals surface area contributed by atoms with Crippen molar-refractivity contribution in [3.8, 4) is 22.8 Å². The van der Waals surface area contributed by atoms with Crippen molar-refractivity contribution in [3.05, 3.63) is 64.2 Å². The van der Waals surface area contributed by atoms with Crippen molar-refractivity contribution in [2.75, 3.05) is 33.7 Å². The van der Waals surface area contributed by atoms with Crippen LogP contribution in [-0.4, -0.2) is 56.6 Å². The third kappa shape index (κ3) is 6.40. The Balaban J connectivity index is 2.05. The number of methoxy groups -OCH3 is 3. The summed E-state index contributed by atoms with van der Waals surface area (Å²) in [5.74, 6) is 0.441. The minimum Gasteiger partial charge on any atom is -0.493 e. The summed E-state index contributed by atoms with van der Waals surface area (Å²) >= 11 is 0. The molecule has 2 heterocycles. The fourth-order valence-corrected chi connectivity index (χ4v) is 4.48. The van der Waals surface area contributed by atoms with Crippen molar-refractivity contribution in [1.29, 1.82) is 0 Å². The van der Waals surface area contributed by atoms with E-state index in [1.807, 2.05) is 0 Å². The quantitative estimate of drug-likeness (QED) is 0.292. The van der Waals surface area contributed by atoms with E-state index >= 15 is 0 Å². The SMILES string of the molecule is COCCCS(=O)(=O)c1nc(-c2ccc(=O)n(Cc3ccc(OC)c(OC)c3)c2)cc(C(F)(F)F)n1. The number of rotatable bonds is 10. The van der Waals surface area contributed by atoms with Crippen LogP contribution in [-0.2, 0) is 27.3 Å². The van der Waals surface area contributed by atoms with Crippen molar-refractivity contribution in [1.82, 2.24) is 14.5 Å². The van der Waals surface area contributed by atoms with Gasteiger partial charge in [-0.1, -0.05) is 6.07 Å². The Hall–Kier alpha value is -3.45. The van der Waals surface area contributed by atoms with Gasteiger partial charge >= 0.3 is 6.18 Å². The number of halogens is 3. The van der Waals surface area contributed by atoms with Crippen molar-refractivity contribution >= 4 is 9.84 Å². The van der Waals surface area contributed by atoms with Gasteiger partial charge in [-0.3, -0.25) is 4.79 Å². The lowest BCUT2D eigenvalue weighted by Gasteiger charge is -2.13. The Morgan fingerprint density at radius 1 is 0.972 bits per heavy atom. The molecule has 2 aromatic heterocycles. The van der Waals surface area contributed by atoms with E-state index in [-0.39, 0.29) is 30.8 Å². The van der Waals surface area contributed by atoms with Crippen molar-refractivity contribution in [2.45, 2.75) is 24.3 Å². The summed E-state index contributed by atoms with van der Waals surface area (Å²) in [6, 6.07) is 8.11. The highest BCUT2D eigenvalue weighted by Crippen LogP contribution is 2.31. The Bertz CT molecular complexity index is 1390. The number of benzene rings is 1. The van der Waals surface area contributed by atoms with Crippen molar-refractivity contribution < 1.29 is 35.8 Å². The summed E-state index contributed by atoms with van der Waals surface area (Å²) in [5.41, 5.74) is -1.35. The number of hydrogen-bond donors (Lipinski definition) is 0. The molecule has 3 aromatic rings. The molecule has 0 unspecified atom stereocenters. The van der Waals surface area contributed by atoms with E-state index < -0.39 is 38.2 Å². The number of aromatic nitrogens is 3. The van der Waals surface area contributed by atoms with E-state index in [4.69, 9.17) is 14.2 Å². The third-order valence-corrected chi connectivity index (χ3v) is 6.68. The van der Waals surface area contributed by atoms with Gasteiger partial charge in [-0.25, -0.2) is 18.4 Å². The highest BCUT2D eigenvalue weighted by molar-refractivity contribution is 7.91. The molecule has 0 aliphatic rings. The van der Waals surface area contributed by atoms with Crippen molar-refractivity contribution in [3.63, 3.8) is 0 Å². The molecule has 0 atom stereocenters. The molecule has 0 fully saturated rings. The van der Waals surface area contributed by atoms with Gasteiger partial charge in [-0.15, -0.1) is 0 Å². The van der Waals surface area contributed by atoms with E-state index in [0.29, 0.717) is 23.1 Å². The van der Waals surface area contributed by atoms with E-state index in [0.717, 1.165) is 6.07 Å². The molecular formula is C23H24F3N3O6S. The number of pyridine rings is 1. The fraction of sp³-hybridized carbons (Fsp3) is 0.348. The summed E-state index contributed by atoms with van der Waals surface area (Å²) in [5, 5.41) is -0.943. The van der Waals surface area contributed by atoms with Gasteiger partial charge in [0.2, 0.25) is 15.0 Å². The van der Waals surface area contributed by atoms with Crippen LogP contribution in [0.5, 0.6) is 11.5 Å². The second kappa shape index (κ2) is 11.1. The minimum atomic E-state index is -4.91. The fourth-order valence-electron chi connectivity index (χ4n) is 3.32. The number of sulfone groups is 1. The Labute approximate surface area is 205 Å². The Morgan fingerprint density at radius 3 is 2.33 bits per heavy atom. The van der Waals surface area contributed by atoms with Crippen LogP contribution in [0.25, 0.3) is 11.3 Å². The van der Waals surface area contributed by atoms with E-state index in [1.54, 1.807) is 18.2 Å². The Morgan fingerprint density at radius 2 is 1.69 bits per heavy atom. The molecule has 0 spiro atoms. The lowest BCUT2D eigenvalue weighted by atomic mass is 10.1. The van der Waals surface area contributed by atoms with Crippen molar-refractivity contribution in [2.24, 2.45) is 0 Å². The standard InChI is InChI=1S/C23H24F3N3O6S/c1-33-9-4-10-36(31,32)22-27-17(12-20(28-22)23(24,25)26)16-6-8-21(30)29(14-16)13-15-5-7-18(34-2)19(11-15)35-3/h5-8,11-12,14H,4,9-10,13H2,1-3H3. The predicted octanol–water partition coefficient (Wildman–Crippen LogP) is 3.20. The lowest BCUT2D eigenvalue weighted by Crippen LogP contribution is -2.20. The van der Waals surface area contributed by atoms with Crippen LogP contribution < -0.4 is 15.0 Å². The summed E-state index contributed by atoms with van der Waals surface area (Å²) in [7, 11) is 0.0956. The zero-order chi connectivity index (χ0) is 26.5. The molecule has 0 saturated heterocycles. The molecule has 3 rings (SSSR count). The average molecular weight is 528 g/mol. The molecule has 9 nitrogen and oxygen atoms in total. The normalized spacial score (nSPS) is 11.9. The average Bonchev–Trinajstić information content (AvgIpc) is 2.84. The molecule has 0 amide bonds. The minimum absolute atomic E-state index is 0.0595. The smallest absolute Gasteiger partial charge is 0.433 e. The van der Waals surface area contributed by atoms with Gasteiger partial charge in [0.05, 0.1) is 32.2 Å². The van der Waals surface area contributed by atoms with Gasteiger partial charge in [0.15, 0.2) is 11.5 Å². The predicted molar refractivity (Wildman–Crippen MR) is 124 cm³/mol. The monoisotopic (exact) mass is 527 g/mol. The first-order valence-electron chi connectivity index (χ1n) is 10.6. The molecule has 0 bridgehead atoms. The summed E-state index contributed by atoms with van der Waals surface area (Å²) in [6.07, 6.45) is -3.55. The van der Waals surface area contributed by atoms with Crippen LogP contribution in [0, 0.1) is 0 Å². The van der Waals surface area contributed by atoms with Crippen LogP contribution in [0.15, 0.2) is 52.5 Å². The molecule has 0 aliphatic heterocycles. The van der Waals surface area contributed by atoms with Crippen LogP contribution in [0.1, 0.15) is 17.7 Å². The zero-order valence-electron chi connectivity index (χ0n) is 19.7. The first kappa shape index (κ1) is 27.1. The maximum atomic E-state index is 13.5. The molecular weight excluding hydrogens is 503 g/mol. The third-order valence-electron chi connectivity index (χ3n) is 5.12. The van der Waals surface area contributed by atoms with Crippen LogP contribution >= 0.6 is 0 Å². The molecule has 0 radical (unpaired) electrons. The molecule has 1 aromatic carbocycles. The molecule has 36 heavy (non-hydrogen) atoms. The van der Waals surface area contributed by atoms with E-state index in [1.165, 1.54) is 38.2 Å². The van der Waals surface area contributed by atoms with Gasteiger partial charge in [0.25, 0.3) is 5.56 Å².